The number of carbonyl (C=O) groups is 1. The zero-order valence-electron chi connectivity index (χ0n) is 18.4. The molecule has 1 aliphatic rings. The van der Waals surface area contributed by atoms with Crippen LogP contribution < -0.4 is 17.0 Å². The van der Waals surface area contributed by atoms with E-state index in [1.165, 1.54) is 8.87 Å². The monoisotopic (exact) mass is 463 g/mol. The molecule has 0 spiro atoms. The Morgan fingerprint density at radius 3 is 2.19 bits per heavy atom. The second-order valence-corrected chi connectivity index (χ2v) is 9.92. The van der Waals surface area contributed by atoms with E-state index in [9.17, 15) is 22.8 Å². The first kappa shape index (κ1) is 23.9. The summed E-state index contributed by atoms with van der Waals surface area (Å²) in [5.74, 6) is -0.601. The molecule has 0 atom stereocenters. The maximum Gasteiger partial charge on any atom is 0.332 e. The van der Waals surface area contributed by atoms with Crippen molar-refractivity contribution in [1.82, 2.24) is 18.3 Å². The number of hydrogen-bond acceptors (Lipinski definition) is 7. The highest BCUT2D eigenvalue weighted by Gasteiger charge is 2.28. The Hall–Kier alpha value is -2.76. The molecule has 10 nitrogen and oxygen atoms in total. The summed E-state index contributed by atoms with van der Waals surface area (Å²) in [5, 5.41) is 0. The third-order valence-corrected chi connectivity index (χ3v) is 7.58. The predicted octanol–water partition coefficient (Wildman–Crippen LogP) is -0.190. The molecular weight excluding hydrogens is 434 g/mol. The van der Waals surface area contributed by atoms with Gasteiger partial charge in [-0.1, -0.05) is 30.3 Å². The van der Waals surface area contributed by atoms with Crippen LogP contribution in [-0.2, 0) is 23.1 Å². The zero-order valence-corrected chi connectivity index (χ0v) is 19.2. The van der Waals surface area contributed by atoms with Crippen LogP contribution in [0.15, 0.2) is 39.9 Å². The van der Waals surface area contributed by atoms with Crippen LogP contribution in [0.5, 0.6) is 0 Å². The highest BCUT2D eigenvalue weighted by atomic mass is 32.2. The number of nitrogens with zero attached hydrogens (tertiary/aromatic N) is 4. The summed E-state index contributed by atoms with van der Waals surface area (Å²) < 4.78 is 27.7. The van der Waals surface area contributed by atoms with E-state index in [-0.39, 0.29) is 49.9 Å². The minimum absolute atomic E-state index is 0.0297. The van der Waals surface area contributed by atoms with E-state index in [1.54, 1.807) is 18.7 Å². The Balaban J connectivity index is 1.87. The highest BCUT2D eigenvalue weighted by molar-refractivity contribution is 7.89. The Morgan fingerprint density at radius 1 is 1.00 bits per heavy atom. The first-order valence-corrected chi connectivity index (χ1v) is 12.2. The van der Waals surface area contributed by atoms with E-state index in [0.717, 1.165) is 10.1 Å². The van der Waals surface area contributed by atoms with E-state index in [4.69, 9.17) is 5.73 Å². The lowest BCUT2D eigenvalue weighted by atomic mass is 10.1. The molecule has 2 N–H and O–H groups in total. The van der Waals surface area contributed by atoms with Crippen molar-refractivity contribution in [2.24, 2.45) is 0 Å². The SMILES string of the molecule is CCn1c(=O)c(C(=O)CN2CCN(S(=O)(=O)CC)CC2)c(N)n(Cc2ccccc2)c1=O. The van der Waals surface area contributed by atoms with Crippen molar-refractivity contribution in [3.8, 4) is 0 Å². The predicted molar refractivity (Wildman–Crippen MR) is 122 cm³/mol. The van der Waals surface area contributed by atoms with Crippen molar-refractivity contribution in [3.05, 3.63) is 62.3 Å². The number of piperazine rings is 1. The normalized spacial score (nSPS) is 15.7. The average molecular weight is 464 g/mol. The molecule has 3 rings (SSSR count). The van der Waals surface area contributed by atoms with Crippen LogP contribution >= 0.6 is 0 Å². The number of anilines is 1. The largest absolute Gasteiger partial charge is 0.384 e. The van der Waals surface area contributed by atoms with E-state index in [0.29, 0.717) is 13.1 Å². The summed E-state index contributed by atoms with van der Waals surface area (Å²) in [7, 11) is -3.28. The molecular formula is C21H29N5O5S. The highest BCUT2D eigenvalue weighted by Crippen LogP contribution is 2.12. The first-order valence-electron chi connectivity index (χ1n) is 10.6. The first-order chi connectivity index (χ1) is 15.2. The summed E-state index contributed by atoms with van der Waals surface area (Å²) >= 11 is 0. The molecule has 1 fully saturated rings. The van der Waals surface area contributed by atoms with Gasteiger partial charge in [0, 0.05) is 32.7 Å². The fraction of sp³-hybridized carbons (Fsp3) is 0.476. The van der Waals surface area contributed by atoms with Gasteiger partial charge in [0.25, 0.3) is 5.56 Å². The number of aromatic nitrogens is 2. The fourth-order valence-electron chi connectivity index (χ4n) is 3.81. The van der Waals surface area contributed by atoms with Crippen LogP contribution in [0.2, 0.25) is 0 Å². The van der Waals surface area contributed by atoms with Crippen molar-refractivity contribution in [2.45, 2.75) is 26.9 Å². The molecule has 1 saturated heterocycles. The lowest BCUT2D eigenvalue weighted by Gasteiger charge is -2.33. The molecule has 1 aromatic heterocycles. The number of Topliss-reactive ketones (excluding diaryl/α,β-unsaturated/α-hetero) is 1. The van der Waals surface area contributed by atoms with Crippen molar-refractivity contribution in [3.63, 3.8) is 0 Å². The van der Waals surface area contributed by atoms with Gasteiger partial charge in [0.05, 0.1) is 18.8 Å². The summed E-state index contributed by atoms with van der Waals surface area (Å²) in [6.45, 7) is 4.74. The standard InChI is InChI=1S/C21H29N5O5S/c1-3-25-20(28)18(19(22)26(21(25)29)14-16-8-6-5-7-9-16)17(27)15-23-10-12-24(13-11-23)32(30,31)4-2/h5-9H,3-4,10-15,22H2,1-2H3. The Morgan fingerprint density at radius 2 is 1.62 bits per heavy atom. The van der Waals surface area contributed by atoms with Crippen molar-refractivity contribution in [2.75, 3.05) is 44.2 Å². The number of nitrogen functional groups attached to an aromatic ring is 1. The van der Waals surface area contributed by atoms with Crippen LogP contribution in [0.1, 0.15) is 29.8 Å². The molecule has 0 aliphatic carbocycles. The lowest BCUT2D eigenvalue weighted by Crippen LogP contribution is -2.51. The maximum absolute atomic E-state index is 13.1. The van der Waals surface area contributed by atoms with Crippen molar-refractivity contribution < 1.29 is 13.2 Å². The van der Waals surface area contributed by atoms with Gasteiger partial charge in [0.2, 0.25) is 10.0 Å². The van der Waals surface area contributed by atoms with Gasteiger partial charge in [-0.25, -0.2) is 13.2 Å². The average Bonchev–Trinajstić information content (AvgIpc) is 2.78. The van der Waals surface area contributed by atoms with Crippen LogP contribution in [0, 0.1) is 0 Å². The van der Waals surface area contributed by atoms with Crippen LogP contribution in [0.3, 0.4) is 0 Å². The number of nitrogens with two attached hydrogens (primary N) is 1. The molecule has 11 heteroatoms. The van der Waals surface area contributed by atoms with Gasteiger partial charge >= 0.3 is 5.69 Å². The number of benzene rings is 1. The minimum atomic E-state index is -3.28. The number of rotatable bonds is 8. The van der Waals surface area contributed by atoms with Gasteiger partial charge < -0.3 is 5.73 Å². The summed E-state index contributed by atoms with van der Waals surface area (Å²) in [6.07, 6.45) is 0. The van der Waals surface area contributed by atoms with Crippen LogP contribution in [0.4, 0.5) is 5.82 Å². The van der Waals surface area contributed by atoms with Crippen LogP contribution in [-0.4, -0.2) is 71.0 Å². The molecule has 32 heavy (non-hydrogen) atoms. The molecule has 1 aromatic carbocycles. The second-order valence-electron chi connectivity index (χ2n) is 7.66. The van der Waals surface area contributed by atoms with Crippen molar-refractivity contribution in [1.29, 1.82) is 0 Å². The smallest absolute Gasteiger partial charge is 0.332 e. The molecule has 0 bridgehead atoms. The van der Waals surface area contributed by atoms with E-state index in [2.05, 4.69) is 0 Å². The number of sulfonamides is 1. The van der Waals surface area contributed by atoms with E-state index in [1.807, 2.05) is 30.3 Å². The molecule has 1 aliphatic heterocycles. The quantitative estimate of drug-likeness (QED) is 0.538. The third kappa shape index (κ3) is 4.84. The maximum atomic E-state index is 13.1. The molecule has 0 saturated carbocycles. The fourth-order valence-corrected chi connectivity index (χ4v) is 4.89. The van der Waals surface area contributed by atoms with E-state index >= 15 is 0 Å². The summed E-state index contributed by atoms with van der Waals surface area (Å²) in [5.41, 5.74) is 5.53. The zero-order chi connectivity index (χ0) is 23.5. The lowest BCUT2D eigenvalue weighted by molar-refractivity contribution is 0.0899. The minimum Gasteiger partial charge on any atom is -0.384 e. The summed E-state index contributed by atoms with van der Waals surface area (Å²) in [6, 6.07) is 9.17. The molecule has 0 amide bonds. The van der Waals surface area contributed by atoms with Crippen molar-refractivity contribution >= 4 is 21.6 Å². The van der Waals surface area contributed by atoms with Gasteiger partial charge in [0.15, 0.2) is 5.78 Å². The van der Waals surface area contributed by atoms with Gasteiger partial charge in [-0.3, -0.25) is 23.6 Å². The number of hydrogen-bond donors (Lipinski definition) is 1. The van der Waals surface area contributed by atoms with E-state index < -0.39 is 27.1 Å². The van der Waals surface area contributed by atoms with Gasteiger partial charge in [0.1, 0.15) is 11.4 Å². The molecule has 0 radical (unpaired) electrons. The topological polar surface area (TPSA) is 128 Å². The molecule has 0 unspecified atom stereocenters. The molecule has 2 aromatic rings. The van der Waals surface area contributed by atoms with Gasteiger partial charge in [-0.15, -0.1) is 0 Å². The van der Waals surface area contributed by atoms with Crippen LogP contribution in [0.25, 0.3) is 0 Å². The number of carbonyl (C=O) groups excluding carboxylic acids is 1. The third-order valence-electron chi connectivity index (χ3n) is 5.70. The second kappa shape index (κ2) is 9.80. The Bertz CT molecular complexity index is 1200. The van der Waals surface area contributed by atoms with Gasteiger partial charge in [-0.2, -0.15) is 4.31 Å². The van der Waals surface area contributed by atoms with Gasteiger partial charge in [-0.05, 0) is 19.4 Å². The Kier molecular flexibility index (Phi) is 7.32. The molecule has 174 valence electrons. The Labute approximate surface area is 186 Å². The molecule has 2 heterocycles. The number of ketones is 1. The summed E-state index contributed by atoms with van der Waals surface area (Å²) in [4.78, 5) is 40.6.